The Kier molecular flexibility index (Phi) is 5.74. The summed E-state index contributed by atoms with van der Waals surface area (Å²) >= 11 is 1.20. The number of carbonyl (C=O) groups is 1. The molecule has 2 fully saturated rings. The molecular weight excluding hydrogens is 436 g/mol. The van der Waals surface area contributed by atoms with Crippen molar-refractivity contribution in [1.29, 1.82) is 0 Å². The first-order valence-corrected chi connectivity index (χ1v) is 12.4. The molecule has 33 heavy (non-hydrogen) atoms. The summed E-state index contributed by atoms with van der Waals surface area (Å²) in [6.45, 7) is 3.92. The van der Waals surface area contributed by atoms with Crippen LogP contribution in [0.1, 0.15) is 49.2 Å². The Labute approximate surface area is 197 Å². The number of amides is 1. The molecule has 3 aromatic rings. The minimum Gasteiger partial charge on any atom is -0.490 e. The molecule has 0 spiro atoms. The van der Waals surface area contributed by atoms with Crippen LogP contribution in [-0.4, -0.2) is 63.6 Å². The molecule has 2 aliphatic heterocycles. The van der Waals surface area contributed by atoms with Gasteiger partial charge in [-0.2, -0.15) is 0 Å². The third-order valence-electron chi connectivity index (χ3n) is 7.22. The molecule has 2 saturated heterocycles. The average Bonchev–Trinajstić information content (AvgIpc) is 3.31. The largest absolute Gasteiger partial charge is 0.490 e. The van der Waals surface area contributed by atoms with E-state index in [-0.39, 0.29) is 23.6 Å². The lowest BCUT2D eigenvalue weighted by Crippen LogP contribution is -2.43. The summed E-state index contributed by atoms with van der Waals surface area (Å²) < 4.78 is 8.29. The van der Waals surface area contributed by atoms with Crippen molar-refractivity contribution in [3.8, 4) is 11.4 Å². The number of rotatable bonds is 5. The van der Waals surface area contributed by atoms with Crippen molar-refractivity contribution in [3.63, 3.8) is 0 Å². The summed E-state index contributed by atoms with van der Waals surface area (Å²) in [6, 6.07) is 10.7. The van der Waals surface area contributed by atoms with E-state index < -0.39 is 0 Å². The maximum atomic E-state index is 13.2. The maximum absolute atomic E-state index is 13.2. The fourth-order valence-electron chi connectivity index (χ4n) is 4.95. The lowest BCUT2D eigenvalue weighted by Gasteiger charge is -2.36. The quantitative estimate of drug-likeness (QED) is 0.570. The molecule has 5 rings (SSSR count). The number of aromatic nitrogens is 2. The highest BCUT2D eigenvalue weighted by Crippen LogP contribution is 2.36. The fraction of sp³-hybridized carbons (Fsp3) is 0.480. The van der Waals surface area contributed by atoms with Crippen molar-refractivity contribution < 1.29 is 9.53 Å². The predicted molar refractivity (Wildman–Crippen MR) is 131 cm³/mol. The van der Waals surface area contributed by atoms with Crippen molar-refractivity contribution in [1.82, 2.24) is 19.4 Å². The van der Waals surface area contributed by atoms with E-state index in [1.54, 1.807) is 18.0 Å². The zero-order valence-corrected chi connectivity index (χ0v) is 20.3. The number of nitrogens with zero attached hydrogens (tertiary/aromatic N) is 4. The van der Waals surface area contributed by atoms with Crippen LogP contribution in [0.2, 0.25) is 0 Å². The van der Waals surface area contributed by atoms with Gasteiger partial charge in [0.25, 0.3) is 11.5 Å². The Bertz CT molecular complexity index is 1220. The lowest BCUT2D eigenvalue weighted by molar-refractivity contribution is 0.0661. The first-order valence-electron chi connectivity index (χ1n) is 11.6. The fourth-order valence-corrected chi connectivity index (χ4v) is 5.97. The van der Waals surface area contributed by atoms with Crippen LogP contribution in [-0.2, 0) is 0 Å². The molecule has 174 valence electrons. The van der Waals surface area contributed by atoms with E-state index in [2.05, 4.69) is 16.9 Å². The van der Waals surface area contributed by atoms with Gasteiger partial charge in [-0.15, -0.1) is 11.3 Å². The molecule has 2 aliphatic rings. The van der Waals surface area contributed by atoms with Gasteiger partial charge in [-0.3, -0.25) is 14.2 Å². The Balaban J connectivity index is 1.35. The molecule has 0 aliphatic carbocycles. The smallest absolute Gasteiger partial charge is 0.275 e. The minimum atomic E-state index is -0.170. The van der Waals surface area contributed by atoms with Crippen molar-refractivity contribution in [2.24, 2.45) is 0 Å². The number of ether oxygens (including phenoxy) is 1. The number of carbonyl (C=O) groups excluding carboxylic acids is 1. The number of hydrogen-bond donors (Lipinski definition) is 0. The molecular formula is C25H30N4O3S. The molecule has 1 aromatic carbocycles. The predicted octanol–water partition coefficient (Wildman–Crippen LogP) is 3.93. The third-order valence-corrected chi connectivity index (χ3v) is 8.32. The van der Waals surface area contributed by atoms with Gasteiger partial charge in [-0.25, -0.2) is 4.98 Å². The molecule has 4 heterocycles. The maximum Gasteiger partial charge on any atom is 0.275 e. The van der Waals surface area contributed by atoms with E-state index in [0.29, 0.717) is 27.2 Å². The van der Waals surface area contributed by atoms with Gasteiger partial charge in [0.15, 0.2) is 0 Å². The molecule has 3 atom stereocenters. The number of thiophene rings is 1. The normalized spacial score (nSPS) is 22.8. The second-order valence-corrected chi connectivity index (χ2v) is 10.6. The summed E-state index contributed by atoms with van der Waals surface area (Å²) in [5.74, 6) is 0.735. The van der Waals surface area contributed by atoms with Crippen LogP contribution in [0.15, 0.2) is 41.5 Å². The first kappa shape index (κ1) is 22.1. The van der Waals surface area contributed by atoms with Gasteiger partial charge in [0.05, 0.1) is 16.1 Å². The van der Waals surface area contributed by atoms with Crippen molar-refractivity contribution >= 4 is 27.5 Å². The van der Waals surface area contributed by atoms with E-state index in [4.69, 9.17) is 4.74 Å². The summed E-state index contributed by atoms with van der Waals surface area (Å²) in [5.41, 5.74) is 1.11. The second-order valence-electron chi connectivity index (χ2n) is 9.51. The molecule has 1 amide bonds. The van der Waals surface area contributed by atoms with Crippen LogP contribution in [0.5, 0.6) is 5.75 Å². The van der Waals surface area contributed by atoms with Crippen molar-refractivity contribution in [2.75, 3.05) is 14.1 Å². The van der Waals surface area contributed by atoms with Crippen LogP contribution in [0.3, 0.4) is 0 Å². The van der Waals surface area contributed by atoms with E-state index in [1.165, 1.54) is 35.1 Å². The second kappa shape index (κ2) is 8.57. The van der Waals surface area contributed by atoms with Crippen LogP contribution in [0, 0.1) is 0 Å². The molecule has 0 radical (unpaired) electrons. The van der Waals surface area contributed by atoms with Gasteiger partial charge in [0.2, 0.25) is 0 Å². The SMILES string of the molecule is CC(C)N(C)C(=O)c1cc2ncn(-c3ccc(OC4C[C@H]5CC[C@@H](C4)N5C)cc3)c(=O)c2s1. The van der Waals surface area contributed by atoms with Gasteiger partial charge >= 0.3 is 0 Å². The Hall–Kier alpha value is -2.71. The molecule has 2 aromatic heterocycles. The van der Waals surface area contributed by atoms with Crippen molar-refractivity contribution in [3.05, 3.63) is 51.9 Å². The van der Waals surface area contributed by atoms with E-state index in [0.717, 1.165) is 24.3 Å². The highest BCUT2D eigenvalue weighted by molar-refractivity contribution is 7.20. The van der Waals surface area contributed by atoms with E-state index >= 15 is 0 Å². The standard InChI is InChI=1S/C25H30N4O3S/c1-15(2)27(3)24(30)22-13-21-23(33-22)25(31)29(14-26-21)16-7-9-19(10-8-16)32-20-11-17-5-6-18(12-20)28(17)4/h7-10,13-15,17-18,20H,5-6,11-12H2,1-4H3/t17-,18+,20?. The monoisotopic (exact) mass is 466 g/mol. The van der Waals surface area contributed by atoms with Crippen molar-refractivity contribution in [2.45, 2.75) is 63.8 Å². The number of fused-ring (bicyclic) bond motifs is 3. The van der Waals surface area contributed by atoms with Gasteiger partial charge in [0, 0.05) is 25.2 Å². The third kappa shape index (κ3) is 4.06. The topological polar surface area (TPSA) is 67.7 Å². The van der Waals surface area contributed by atoms with Crippen LogP contribution in [0.4, 0.5) is 0 Å². The van der Waals surface area contributed by atoms with Gasteiger partial charge < -0.3 is 14.5 Å². The Morgan fingerprint density at radius 2 is 1.85 bits per heavy atom. The number of benzene rings is 1. The molecule has 1 unspecified atom stereocenters. The molecule has 0 N–H and O–H groups in total. The van der Waals surface area contributed by atoms with Gasteiger partial charge in [-0.1, -0.05) is 0 Å². The van der Waals surface area contributed by atoms with Gasteiger partial charge in [-0.05, 0) is 76.9 Å². The summed E-state index contributed by atoms with van der Waals surface area (Å²) in [4.78, 5) is 35.0. The van der Waals surface area contributed by atoms with Crippen LogP contribution in [0.25, 0.3) is 15.9 Å². The Morgan fingerprint density at radius 3 is 2.48 bits per heavy atom. The zero-order chi connectivity index (χ0) is 23.3. The summed E-state index contributed by atoms with van der Waals surface area (Å²) in [5, 5.41) is 0. The van der Waals surface area contributed by atoms with E-state index in [9.17, 15) is 9.59 Å². The highest BCUT2D eigenvalue weighted by Gasteiger charge is 2.39. The van der Waals surface area contributed by atoms with E-state index in [1.807, 2.05) is 38.1 Å². The lowest BCUT2D eigenvalue weighted by atomic mass is 10.0. The van der Waals surface area contributed by atoms with Crippen LogP contribution < -0.4 is 10.3 Å². The first-order chi connectivity index (χ1) is 15.8. The highest BCUT2D eigenvalue weighted by atomic mass is 32.1. The van der Waals surface area contributed by atoms with Crippen LogP contribution >= 0.6 is 11.3 Å². The minimum absolute atomic E-state index is 0.0812. The van der Waals surface area contributed by atoms with Gasteiger partial charge in [0.1, 0.15) is 22.9 Å². The molecule has 8 heteroatoms. The average molecular weight is 467 g/mol. The zero-order valence-electron chi connectivity index (χ0n) is 19.5. The number of hydrogen-bond acceptors (Lipinski definition) is 6. The molecule has 2 bridgehead atoms. The Morgan fingerprint density at radius 1 is 1.18 bits per heavy atom. The summed E-state index contributed by atoms with van der Waals surface area (Å²) in [7, 11) is 3.99. The summed E-state index contributed by atoms with van der Waals surface area (Å²) in [6.07, 6.45) is 6.45. The molecule has 0 saturated carbocycles. The molecule has 7 nitrogen and oxygen atoms in total. The number of piperidine rings is 1.